The maximum atomic E-state index is 13.5. The quantitative estimate of drug-likeness (QED) is 0.819. The van der Waals surface area contributed by atoms with Gasteiger partial charge in [-0.05, 0) is 12.1 Å². The summed E-state index contributed by atoms with van der Waals surface area (Å²) in [7, 11) is 1.37. The molecule has 1 unspecified atom stereocenters. The highest BCUT2D eigenvalue weighted by Gasteiger charge is 2.19. The molecule has 2 N–H and O–H groups in total. The van der Waals surface area contributed by atoms with Gasteiger partial charge in [0.05, 0.1) is 24.3 Å². The number of methoxy groups -OCH3 is 1. The molecule has 5 nitrogen and oxygen atoms in total. The first-order chi connectivity index (χ1) is 8.99. The average molecular weight is 270 g/mol. The van der Waals surface area contributed by atoms with E-state index < -0.39 is 29.2 Å². The molecule has 0 aliphatic heterocycles. The van der Waals surface area contributed by atoms with Crippen LogP contribution in [0, 0.1) is 23.0 Å². The Hall–Kier alpha value is -2.04. The summed E-state index contributed by atoms with van der Waals surface area (Å²) in [4.78, 5) is 11.6. The van der Waals surface area contributed by atoms with Crippen LogP contribution in [-0.4, -0.2) is 37.4 Å². The van der Waals surface area contributed by atoms with Crippen molar-refractivity contribution in [3.8, 4) is 6.07 Å². The van der Waals surface area contributed by atoms with Crippen LogP contribution in [0.15, 0.2) is 12.1 Å². The van der Waals surface area contributed by atoms with Crippen LogP contribution in [0.4, 0.5) is 8.78 Å². The van der Waals surface area contributed by atoms with Crippen molar-refractivity contribution in [2.24, 2.45) is 0 Å². The smallest absolute Gasteiger partial charge is 0.257 e. The van der Waals surface area contributed by atoms with Crippen LogP contribution in [0.3, 0.4) is 0 Å². The Balaban J connectivity index is 2.81. The van der Waals surface area contributed by atoms with Crippen LogP contribution in [-0.2, 0) is 4.74 Å². The molecular formula is C12H12F2N2O3. The lowest BCUT2D eigenvalue weighted by molar-refractivity contribution is 0.0607. The first-order valence-corrected chi connectivity index (χ1v) is 5.34. The number of nitrogens with one attached hydrogen (secondary N) is 1. The highest BCUT2D eigenvalue weighted by atomic mass is 19.1. The van der Waals surface area contributed by atoms with E-state index in [0.717, 1.165) is 12.1 Å². The van der Waals surface area contributed by atoms with E-state index in [4.69, 9.17) is 5.26 Å². The molecule has 1 aromatic carbocycles. The summed E-state index contributed by atoms with van der Waals surface area (Å²) in [6.45, 7) is -0.218. The third kappa shape index (κ3) is 3.98. The molecule has 0 bridgehead atoms. The summed E-state index contributed by atoms with van der Waals surface area (Å²) < 4.78 is 31.6. The number of halogens is 2. The van der Waals surface area contributed by atoms with Crippen molar-refractivity contribution in [1.82, 2.24) is 5.32 Å². The van der Waals surface area contributed by atoms with E-state index in [-0.39, 0.29) is 18.7 Å². The molecule has 102 valence electrons. The fourth-order valence-electron chi connectivity index (χ4n) is 1.40. The van der Waals surface area contributed by atoms with E-state index in [2.05, 4.69) is 10.1 Å². The molecule has 1 aromatic rings. The Kier molecular flexibility index (Phi) is 5.36. The van der Waals surface area contributed by atoms with Crippen LogP contribution in [0.1, 0.15) is 15.9 Å². The number of ether oxygens (including phenoxy) is 1. The number of benzene rings is 1. The Morgan fingerprint density at radius 3 is 2.58 bits per heavy atom. The van der Waals surface area contributed by atoms with Gasteiger partial charge in [0.15, 0.2) is 0 Å². The molecule has 1 rings (SSSR count). The summed E-state index contributed by atoms with van der Waals surface area (Å²) in [6, 6.07) is 3.11. The van der Waals surface area contributed by atoms with Crippen molar-refractivity contribution in [3.05, 3.63) is 34.9 Å². The van der Waals surface area contributed by atoms with Gasteiger partial charge < -0.3 is 15.2 Å². The number of aliphatic hydroxyl groups excluding tert-OH is 1. The topological polar surface area (TPSA) is 82.3 Å². The number of nitrogens with zero attached hydrogens (tertiary/aromatic N) is 1. The van der Waals surface area contributed by atoms with Gasteiger partial charge in [-0.25, -0.2) is 8.78 Å². The minimum Gasteiger partial charge on any atom is -0.389 e. The van der Waals surface area contributed by atoms with Gasteiger partial charge in [0.1, 0.15) is 17.2 Å². The van der Waals surface area contributed by atoms with Crippen LogP contribution < -0.4 is 5.32 Å². The lowest BCUT2D eigenvalue weighted by Gasteiger charge is -2.11. The number of rotatable bonds is 5. The highest BCUT2D eigenvalue weighted by Crippen LogP contribution is 2.15. The number of aliphatic hydroxyl groups is 1. The maximum Gasteiger partial charge on any atom is 0.257 e. The van der Waals surface area contributed by atoms with Gasteiger partial charge in [0.2, 0.25) is 0 Å². The largest absolute Gasteiger partial charge is 0.389 e. The minimum atomic E-state index is -1.13. The second-order valence-corrected chi connectivity index (χ2v) is 3.75. The van der Waals surface area contributed by atoms with E-state index in [1.54, 1.807) is 6.07 Å². The van der Waals surface area contributed by atoms with Crippen molar-refractivity contribution in [3.63, 3.8) is 0 Å². The molecule has 0 heterocycles. The number of nitriles is 1. The SMILES string of the molecule is COCC(O)CNC(=O)c1c(F)cc(C#N)cc1F. The fraction of sp³-hybridized carbons (Fsp3) is 0.333. The summed E-state index contributed by atoms with van der Waals surface area (Å²) in [5, 5.41) is 20.0. The molecule has 1 atom stereocenters. The maximum absolute atomic E-state index is 13.5. The predicted octanol–water partition coefficient (Wildman–Crippen LogP) is 0.574. The van der Waals surface area contributed by atoms with Gasteiger partial charge in [-0.15, -0.1) is 0 Å². The van der Waals surface area contributed by atoms with Crippen molar-refractivity contribution >= 4 is 5.91 Å². The highest BCUT2D eigenvalue weighted by molar-refractivity contribution is 5.94. The molecule has 7 heteroatoms. The standard InChI is InChI=1S/C12H12F2N2O3/c1-19-6-8(17)5-16-12(18)11-9(13)2-7(4-15)3-10(11)14/h2-3,8,17H,5-6H2,1H3,(H,16,18). The third-order valence-electron chi connectivity index (χ3n) is 2.26. The number of hydrogen-bond acceptors (Lipinski definition) is 4. The monoisotopic (exact) mass is 270 g/mol. The first-order valence-electron chi connectivity index (χ1n) is 5.34. The lowest BCUT2D eigenvalue weighted by Crippen LogP contribution is -2.35. The second kappa shape index (κ2) is 6.78. The zero-order chi connectivity index (χ0) is 14.4. The Morgan fingerprint density at radius 2 is 2.11 bits per heavy atom. The van der Waals surface area contributed by atoms with E-state index >= 15 is 0 Å². The number of hydrogen-bond donors (Lipinski definition) is 2. The molecule has 0 aliphatic rings. The number of carbonyl (C=O) groups is 1. The summed E-state index contributed by atoms with van der Waals surface area (Å²) in [5.74, 6) is -3.26. The molecule has 19 heavy (non-hydrogen) atoms. The molecule has 0 aliphatic carbocycles. The Labute approximate surface area is 108 Å². The van der Waals surface area contributed by atoms with Gasteiger partial charge in [0.25, 0.3) is 5.91 Å². The molecule has 0 saturated carbocycles. The molecular weight excluding hydrogens is 258 g/mol. The van der Waals surface area contributed by atoms with Gasteiger partial charge in [-0.3, -0.25) is 4.79 Å². The number of carbonyl (C=O) groups excluding carboxylic acids is 1. The summed E-state index contributed by atoms with van der Waals surface area (Å²) in [5.41, 5.74) is -1.01. The molecule has 0 aromatic heterocycles. The van der Waals surface area contributed by atoms with Crippen molar-refractivity contribution in [2.75, 3.05) is 20.3 Å². The van der Waals surface area contributed by atoms with Crippen LogP contribution >= 0.6 is 0 Å². The van der Waals surface area contributed by atoms with E-state index in [1.807, 2.05) is 0 Å². The molecule has 0 fully saturated rings. The zero-order valence-electron chi connectivity index (χ0n) is 10.1. The van der Waals surface area contributed by atoms with Gasteiger partial charge >= 0.3 is 0 Å². The fourth-order valence-corrected chi connectivity index (χ4v) is 1.40. The van der Waals surface area contributed by atoms with Crippen LogP contribution in [0.2, 0.25) is 0 Å². The van der Waals surface area contributed by atoms with Crippen LogP contribution in [0.25, 0.3) is 0 Å². The van der Waals surface area contributed by atoms with E-state index in [1.165, 1.54) is 7.11 Å². The summed E-state index contributed by atoms with van der Waals surface area (Å²) >= 11 is 0. The predicted molar refractivity (Wildman–Crippen MR) is 61.3 cm³/mol. The van der Waals surface area contributed by atoms with Gasteiger partial charge in [0, 0.05) is 13.7 Å². The molecule has 0 radical (unpaired) electrons. The molecule has 0 spiro atoms. The molecule has 1 amide bonds. The van der Waals surface area contributed by atoms with Crippen molar-refractivity contribution < 1.29 is 23.4 Å². The minimum absolute atomic E-state index is 0.0153. The summed E-state index contributed by atoms with van der Waals surface area (Å²) in [6.07, 6.45) is -0.974. The van der Waals surface area contributed by atoms with E-state index in [9.17, 15) is 18.7 Å². The van der Waals surface area contributed by atoms with E-state index in [0.29, 0.717) is 0 Å². The second-order valence-electron chi connectivity index (χ2n) is 3.75. The first kappa shape index (κ1) is 15.0. The normalized spacial score (nSPS) is 11.7. The Bertz CT molecular complexity index is 491. The zero-order valence-corrected chi connectivity index (χ0v) is 10.1. The van der Waals surface area contributed by atoms with Crippen molar-refractivity contribution in [2.45, 2.75) is 6.10 Å². The molecule has 0 saturated heterocycles. The average Bonchev–Trinajstić information content (AvgIpc) is 2.35. The van der Waals surface area contributed by atoms with Crippen LogP contribution in [0.5, 0.6) is 0 Å². The Morgan fingerprint density at radius 1 is 1.53 bits per heavy atom. The lowest BCUT2D eigenvalue weighted by atomic mass is 10.1. The number of amides is 1. The van der Waals surface area contributed by atoms with Crippen molar-refractivity contribution in [1.29, 1.82) is 5.26 Å². The third-order valence-corrected chi connectivity index (χ3v) is 2.26. The van der Waals surface area contributed by atoms with Gasteiger partial charge in [-0.1, -0.05) is 0 Å². The van der Waals surface area contributed by atoms with Gasteiger partial charge in [-0.2, -0.15) is 5.26 Å².